The Morgan fingerprint density at radius 2 is 1.64 bits per heavy atom. The highest BCUT2D eigenvalue weighted by Crippen LogP contribution is 2.12. The van der Waals surface area contributed by atoms with Gasteiger partial charge in [0.15, 0.2) is 6.61 Å². The molecule has 5 nitrogen and oxygen atoms in total. The van der Waals surface area contributed by atoms with Gasteiger partial charge in [-0.25, -0.2) is 4.39 Å². The lowest BCUT2D eigenvalue weighted by Crippen LogP contribution is -2.52. The van der Waals surface area contributed by atoms with Crippen LogP contribution in [0.1, 0.15) is 13.8 Å². The van der Waals surface area contributed by atoms with E-state index in [-0.39, 0.29) is 30.2 Å². The van der Waals surface area contributed by atoms with Crippen LogP contribution in [-0.2, 0) is 9.59 Å². The third-order valence-electron chi connectivity index (χ3n) is 3.61. The molecule has 1 saturated heterocycles. The molecule has 0 unspecified atom stereocenters. The van der Waals surface area contributed by atoms with Gasteiger partial charge in [0.25, 0.3) is 5.91 Å². The lowest BCUT2D eigenvalue weighted by Gasteiger charge is -2.35. The number of hydrogen-bond acceptors (Lipinski definition) is 3. The quantitative estimate of drug-likeness (QED) is 0.847. The average Bonchev–Trinajstić information content (AvgIpc) is 2.53. The van der Waals surface area contributed by atoms with E-state index in [9.17, 15) is 14.0 Å². The van der Waals surface area contributed by atoms with E-state index >= 15 is 0 Å². The summed E-state index contributed by atoms with van der Waals surface area (Å²) in [4.78, 5) is 27.4. The second kappa shape index (κ2) is 7.24. The van der Waals surface area contributed by atoms with E-state index < -0.39 is 0 Å². The van der Waals surface area contributed by atoms with Gasteiger partial charge in [0.2, 0.25) is 5.91 Å². The highest BCUT2D eigenvalue weighted by molar-refractivity contribution is 5.80. The number of carbonyl (C=O) groups excluding carboxylic acids is 2. The molecule has 0 aromatic heterocycles. The Morgan fingerprint density at radius 1 is 1.09 bits per heavy atom. The predicted octanol–water partition coefficient (Wildman–Crippen LogP) is 1.53. The standard InChI is InChI=1S/C16H21FN2O3/c1-12(2)16(21)19-9-7-18(8-10-19)15(20)11-22-14-5-3-13(17)4-6-14/h3-6,12H,7-11H2,1-2H3. The van der Waals surface area contributed by atoms with Crippen molar-refractivity contribution < 1.29 is 18.7 Å². The molecule has 1 aromatic rings. The molecule has 0 N–H and O–H groups in total. The summed E-state index contributed by atoms with van der Waals surface area (Å²) in [6.45, 7) is 5.81. The maximum absolute atomic E-state index is 12.8. The number of hydrogen-bond donors (Lipinski definition) is 0. The fourth-order valence-corrected chi connectivity index (χ4v) is 2.31. The van der Waals surface area contributed by atoms with E-state index in [1.807, 2.05) is 13.8 Å². The first-order valence-corrected chi connectivity index (χ1v) is 7.42. The molecule has 1 aromatic carbocycles. The van der Waals surface area contributed by atoms with Crippen LogP contribution < -0.4 is 4.74 Å². The van der Waals surface area contributed by atoms with E-state index in [1.165, 1.54) is 24.3 Å². The molecule has 0 radical (unpaired) electrons. The zero-order valence-corrected chi connectivity index (χ0v) is 12.9. The minimum absolute atomic E-state index is 0.0240. The van der Waals surface area contributed by atoms with Crippen LogP contribution in [-0.4, -0.2) is 54.4 Å². The minimum atomic E-state index is -0.343. The maximum atomic E-state index is 12.8. The number of ether oxygens (including phenoxy) is 1. The minimum Gasteiger partial charge on any atom is -0.484 e. The topological polar surface area (TPSA) is 49.9 Å². The number of halogens is 1. The van der Waals surface area contributed by atoms with Gasteiger partial charge in [-0.05, 0) is 24.3 Å². The molecule has 0 aliphatic carbocycles. The van der Waals surface area contributed by atoms with Crippen LogP contribution in [0.15, 0.2) is 24.3 Å². The molecule has 2 amide bonds. The van der Waals surface area contributed by atoms with Crippen molar-refractivity contribution in [2.75, 3.05) is 32.8 Å². The molecular formula is C16H21FN2O3. The van der Waals surface area contributed by atoms with Crippen LogP contribution in [0.3, 0.4) is 0 Å². The van der Waals surface area contributed by atoms with Gasteiger partial charge in [-0.2, -0.15) is 0 Å². The highest BCUT2D eigenvalue weighted by Gasteiger charge is 2.25. The Kier molecular flexibility index (Phi) is 5.35. The zero-order valence-electron chi connectivity index (χ0n) is 12.9. The fourth-order valence-electron chi connectivity index (χ4n) is 2.31. The second-order valence-electron chi connectivity index (χ2n) is 5.60. The summed E-state index contributed by atoms with van der Waals surface area (Å²) in [5, 5.41) is 0. The van der Waals surface area contributed by atoms with Crippen LogP contribution in [0.5, 0.6) is 5.75 Å². The summed E-state index contributed by atoms with van der Waals surface area (Å²) in [5.74, 6) is 0.0904. The van der Waals surface area contributed by atoms with Crippen molar-refractivity contribution in [2.45, 2.75) is 13.8 Å². The van der Waals surface area contributed by atoms with Gasteiger partial charge in [0.05, 0.1) is 0 Å². The second-order valence-corrected chi connectivity index (χ2v) is 5.60. The molecule has 120 valence electrons. The number of piperazine rings is 1. The largest absolute Gasteiger partial charge is 0.484 e. The summed E-state index contributed by atoms with van der Waals surface area (Å²) in [7, 11) is 0. The smallest absolute Gasteiger partial charge is 0.260 e. The molecule has 2 rings (SSSR count). The van der Waals surface area contributed by atoms with Gasteiger partial charge in [-0.3, -0.25) is 9.59 Å². The van der Waals surface area contributed by atoms with Crippen molar-refractivity contribution in [3.8, 4) is 5.75 Å². The summed E-state index contributed by atoms with van der Waals surface area (Å²) < 4.78 is 18.1. The van der Waals surface area contributed by atoms with Gasteiger partial charge in [-0.1, -0.05) is 13.8 Å². The lowest BCUT2D eigenvalue weighted by molar-refractivity contribution is -0.142. The Labute approximate surface area is 129 Å². The summed E-state index contributed by atoms with van der Waals surface area (Å²) in [6.07, 6.45) is 0. The van der Waals surface area contributed by atoms with Gasteiger partial charge in [0, 0.05) is 32.1 Å². The molecule has 1 heterocycles. The molecule has 0 spiro atoms. The number of amides is 2. The van der Waals surface area contributed by atoms with Crippen LogP contribution in [0.4, 0.5) is 4.39 Å². The molecule has 1 aliphatic heterocycles. The zero-order chi connectivity index (χ0) is 16.1. The molecule has 0 bridgehead atoms. The Bertz CT molecular complexity index is 523. The van der Waals surface area contributed by atoms with Gasteiger partial charge in [-0.15, -0.1) is 0 Å². The van der Waals surface area contributed by atoms with E-state index in [1.54, 1.807) is 9.80 Å². The Balaban J connectivity index is 1.77. The summed E-state index contributed by atoms with van der Waals surface area (Å²) in [6, 6.07) is 5.55. The van der Waals surface area contributed by atoms with Gasteiger partial charge >= 0.3 is 0 Å². The van der Waals surface area contributed by atoms with Crippen LogP contribution in [0.25, 0.3) is 0 Å². The normalized spacial score (nSPS) is 15.1. The first kappa shape index (κ1) is 16.3. The molecule has 6 heteroatoms. The molecule has 0 saturated carbocycles. The highest BCUT2D eigenvalue weighted by atomic mass is 19.1. The molecule has 0 atom stereocenters. The third-order valence-corrected chi connectivity index (χ3v) is 3.61. The molecule has 1 fully saturated rings. The van der Waals surface area contributed by atoms with E-state index in [0.29, 0.717) is 31.9 Å². The van der Waals surface area contributed by atoms with Crippen LogP contribution >= 0.6 is 0 Å². The molecule has 1 aliphatic rings. The monoisotopic (exact) mass is 308 g/mol. The number of carbonyl (C=O) groups is 2. The van der Waals surface area contributed by atoms with E-state index in [4.69, 9.17) is 4.74 Å². The summed E-state index contributed by atoms with van der Waals surface area (Å²) in [5.41, 5.74) is 0. The van der Waals surface area contributed by atoms with Crippen molar-refractivity contribution in [1.29, 1.82) is 0 Å². The van der Waals surface area contributed by atoms with Crippen LogP contribution in [0, 0.1) is 11.7 Å². The van der Waals surface area contributed by atoms with Gasteiger partial charge in [0.1, 0.15) is 11.6 Å². The molecule has 22 heavy (non-hydrogen) atoms. The Morgan fingerprint density at radius 3 is 2.18 bits per heavy atom. The van der Waals surface area contributed by atoms with Crippen molar-refractivity contribution in [1.82, 2.24) is 9.80 Å². The Hall–Kier alpha value is -2.11. The third kappa shape index (κ3) is 4.19. The van der Waals surface area contributed by atoms with Crippen molar-refractivity contribution in [3.63, 3.8) is 0 Å². The average molecular weight is 308 g/mol. The first-order chi connectivity index (χ1) is 10.5. The van der Waals surface area contributed by atoms with Crippen LogP contribution in [0.2, 0.25) is 0 Å². The van der Waals surface area contributed by atoms with E-state index in [0.717, 1.165) is 0 Å². The maximum Gasteiger partial charge on any atom is 0.260 e. The SMILES string of the molecule is CC(C)C(=O)N1CCN(C(=O)COc2ccc(F)cc2)CC1. The predicted molar refractivity (Wildman–Crippen MR) is 79.9 cm³/mol. The van der Waals surface area contributed by atoms with Crippen molar-refractivity contribution in [2.24, 2.45) is 5.92 Å². The lowest BCUT2D eigenvalue weighted by atomic mass is 10.1. The molecular weight excluding hydrogens is 287 g/mol. The first-order valence-electron chi connectivity index (χ1n) is 7.42. The van der Waals surface area contributed by atoms with E-state index in [2.05, 4.69) is 0 Å². The number of benzene rings is 1. The van der Waals surface area contributed by atoms with Gasteiger partial charge < -0.3 is 14.5 Å². The number of nitrogens with zero attached hydrogens (tertiary/aromatic N) is 2. The van der Waals surface area contributed by atoms with Crippen molar-refractivity contribution >= 4 is 11.8 Å². The summed E-state index contributed by atoms with van der Waals surface area (Å²) >= 11 is 0. The van der Waals surface area contributed by atoms with Crippen molar-refractivity contribution in [3.05, 3.63) is 30.1 Å². The fraction of sp³-hybridized carbons (Fsp3) is 0.500. The number of rotatable bonds is 4.